The van der Waals surface area contributed by atoms with Gasteiger partial charge >= 0.3 is 0 Å². The molecule has 112 valence electrons. The highest BCUT2D eigenvalue weighted by molar-refractivity contribution is 6.08. The van der Waals surface area contributed by atoms with Crippen LogP contribution in [0.1, 0.15) is 0 Å². The van der Waals surface area contributed by atoms with E-state index < -0.39 is 4.92 Å². The first kappa shape index (κ1) is 13.4. The van der Waals surface area contributed by atoms with E-state index in [1.165, 1.54) is 12.1 Å². The van der Waals surface area contributed by atoms with Crippen molar-refractivity contribution < 1.29 is 4.92 Å². The van der Waals surface area contributed by atoms with Crippen molar-refractivity contribution in [3.8, 4) is 11.3 Å². The van der Waals surface area contributed by atoms with Gasteiger partial charge in [-0.25, -0.2) is 0 Å². The van der Waals surface area contributed by atoms with Crippen LogP contribution in [-0.2, 0) is 7.05 Å². The number of pyridine rings is 1. The molecule has 2 aromatic heterocycles. The number of hydrogen-bond donors (Lipinski definition) is 0. The fraction of sp³-hybridized carbons (Fsp3) is 0.0588. The number of aromatic nitrogens is 3. The quantitative estimate of drug-likeness (QED) is 0.418. The molecular formula is C17H12N4O2. The van der Waals surface area contributed by atoms with Gasteiger partial charge in [-0.3, -0.25) is 19.8 Å². The molecule has 23 heavy (non-hydrogen) atoms. The minimum Gasteiger partial charge on any atom is -0.267 e. The van der Waals surface area contributed by atoms with Gasteiger partial charge in [0.2, 0.25) is 0 Å². The fourth-order valence-corrected chi connectivity index (χ4v) is 2.88. The Labute approximate surface area is 131 Å². The molecule has 0 unspecified atom stereocenters. The van der Waals surface area contributed by atoms with Gasteiger partial charge in [0.1, 0.15) is 5.69 Å². The molecule has 6 nitrogen and oxygen atoms in total. The summed E-state index contributed by atoms with van der Waals surface area (Å²) < 4.78 is 1.83. The number of nitrogens with zero attached hydrogens (tertiary/aromatic N) is 4. The molecule has 0 radical (unpaired) electrons. The predicted octanol–water partition coefficient (Wildman–Crippen LogP) is 3.70. The zero-order valence-electron chi connectivity index (χ0n) is 12.3. The van der Waals surface area contributed by atoms with E-state index in [-0.39, 0.29) is 5.69 Å². The number of benzene rings is 2. The molecule has 4 aromatic rings. The molecule has 0 aliphatic rings. The van der Waals surface area contributed by atoms with E-state index in [1.807, 2.05) is 36.0 Å². The van der Waals surface area contributed by atoms with Crippen LogP contribution < -0.4 is 0 Å². The number of aryl methyl sites for hydroxylation is 1. The molecule has 0 fully saturated rings. The summed E-state index contributed by atoms with van der Waals surface area (Å²) in [7, 11) is 1.89. The number of non-ortho nitro benzene ring substituents is 1. The third-order valence-electron chi connectivity index (χ3n) is 3.94. The van der Waals surface area contributed by atoms with Crippen LogP contribution in [-0.4, -0.2) is 19.7 Å². The molecule has 0 bridgehead atoms. The molecule has 2 heterocycles. The van der Waals surface area contributed by atoms with Crippen LogP contribution in [0.25, 0.3) is 33.1 Å². The van der Waals surface area contributed by atoms with Crippen molar-refractivity contribution in [1.29, 1.82) is 0 Å². The average molecular weight is 304 g/mol. The zero-order valence-corrected chi connectivity index (χ0v) is 12.3. The van der Waals surface area contributed by atoms with Crippen LogP contribution in [0.15, 0.2) is 54.7 Å². The van der Waals surface area contributed by atoms with Gasteiger partial charge in [0.25, 0.3) is 5.69 Å². The Balaban J connectivity index is 1.97. The molecule has 0 spiro atoms. The summed E-state index contributed by atoms with van der Waals surface area (Å²) in [4.78, 5) is 14.8. The highest BCUT2D eigenvalue weighted by Gasteiger charge is 2.14. The van der Waals surface area contributed by atoms with Gasteiger partial charge in [-0.2, -0.15) is 5.10 Å². The molecule has 0 aliphatic carbocycles. The minimum absolute atomic E-state index is 0.0728. The van der Waals surface area contributed by atoms with Crippen molar-refractivity contribution in [3.05, 3.63) is 64.8 Å². The van der Waals surface area contributed by atoms with Gasteiger partial charge in [0, 0.05) is 41.7 Å². The maximum absolute atomic E-state index is 10.8. The fourth-order valence-electron chi connectivity index (χ4n) is 2.88. The Bertz CT molecular complexity index is 1050. The number of fused-ring (bicyclic) bond motifs is 3. The third-order valence-corrected chi connectivity index (χ3v) is 3.94. The second-order valence-corrected chi connectivity index (χ2v) is 5.31. The molecule has 0 aliphatic heterocycles. The maximum Gasteiger partial charge on any atom is 0.269 e. The van der Waals surface area contributed by atoms with Gasteiger partial charge < -0.3 is 0 Å². The van der Waals surface area contributed by atoms with Crippen molar-refractivity contribution in [1.82, 2.24) is 14.8 Å². The summed E-state index contributed by atoms with van der Waals surface area (Å²) in [5.74, 6) is 0. The van der Waals surface area contributed by atoms with Crippen molar-refractivity contribution in [2.75, 3.05) is 0 Å². The van der Waals surface area contributed by atoms with E-state index in [4.69, 9.17) is 0 Å². The Hall–Kier alpha value is -3.28. The van der Waals surface area contributed by atoms with Crippen LogP contribution >= 0.6 is 0 Å². The van der Waals surface area contributed by atoms with Crippen LogP contribution in [0.3, 0.4) is 0 Å². The van der Waals surface area contributed by atoms with Gasteiger partial charge in [-0.05, 0) is 36.4 Å². The molecule has 0 saturated carbocycles. The highest BCUT2D eigenvalue weighted by Crippen LogP contribution is 2.32. The topological polar surface area (TPSA) is 73.8 Å². The molecule has 4 rings (SSSR count). The monoisotopic (exact) mass is 304 g/mol. The Kier molecular flexibility index (Phi) is 2.84. The van der Waals surface area contributed by atoms with Crippen LogP contribution in [0.5, 0.6) is 0 Å². The minimum atomic E-state index is -0.403. The van der Waals surface area contributed by atoms with Crippen molar-refractivity contribution in [2.45, 2.75) is 0 Å². The lowest BCUT2D eigenvalue weighted by molar-refractivity contribution is -0.384. The SMILES string of the molecule is Cn1nc(-c2ccc([N+](=O)[O-])cc2)c2ccc3ncccc3c21. The van der Waals surface area contributed by atoms with Crippen molar-refractivity contribution >= 4 is 27.5 Å². The molecule has 6 heteroatoms. The Morgan fingerprint density at radius 2 is 1.83 bits per heavy atom. The van der Waals surface area contributed by atoms with E-state index in [0.717, 1.165) is 33.1 Å². The number of nitro groups is 1. The van der Waals surface area contributed by atoms with Crippen molar-refractivity contribution in [3.63, 3.8) is 0 Å². The van der Waals surface area contributed by atoms with Crippen molar-refractivity contribution in [2.24, 2.45) is 7.05 Å². The van der Waals surface area contributed by atoms with E-state index >= 15 is 0 Å². The molecule has 2 aromatic carbocycles. The second-order valence-electron chi connectivity index (χ2n) is 5.31. The van der Waals surface area contributed by atoms with Gasteiger partial charge in [0.15, 0.2) is 0 Å². The standard InChI is InChI=1S/C17H12N4O2/c1-20-17-13-3-2-10-18-15(13)9-8-14(17)16(19-20)11-4-6-12(7-5-11)21(22)23/h2-10H,1H3. The maximum atomic E-state index is 10.8. The molecule has 0 saturated heterocycles. The van der Waals surface area contributed by atoms with Crippen LogP contribution in [0.2, 0.25) is 0 Å². The Morgan fingerprint density at radius 1 is 1.04 bits per heavy atom. The molecule has 0 N–H and O–H groups in total. The summed E-state index contributed by atoms with van der Waals surface area (Å²) in [6.07, 6.45) is 1.77. The number of rotatable bonds is 2. The van der Waals surface area contributed by atoms with E-state index in [1.54, 1.807) is 18.3 Å². The lowest BCUT2D eigenvalue weighted by Crippen LogP contribution is -1.91. The van der Waals surface area contributed by atoms with Gasteiger partial charge in [0.05, 0.1) is 16.0 Å². The average Bonchev–Trinajstić information content (AvgIpc) is 2.92. The highest BCUT2D eigenvalue weighted by atomic mass is 16.6. The van der Waals surface area contributed by atoms with E-state index in [0.29, 0.717) is 0 Å². The lowest BCUT2D eigenvalue weighted by Gasteiger charge is -2.01. The summed E-state index contributed by atoms with van der Waals surface area (Å²) in [5.41, 5.74) is 3.65. The molecular weight excluding hydrogens is 292 g/mol. The van der Waals surface area contributed by atoms with E-state index in [9.17, 15) is 10.1 Å². The van der Waals surface area contributed by atoms with Crippen LogP contribution in [0.4, 0.5) is 5.69 Å². The summed E-state index contributed by atoms with van der Waals surface area (Å²) in [5, 5.41) is 17.4. The Morgan fingerprint density at radius 3 is 2.57 bits per heavy atom. The first-order chi connectivity index (χ1) is 11.1. The zero-order chi connectivity index (χ0) is 16.0. The molecule has 0 amide bonds. The first-order valence-electron chi connectivity index (χ1n) is 7.10. The second kappa shape index (κ2) is 4.88. The van der Waals surface area contributed by atoms with Gasteiger partial charge in [-0.15, -0.1) is 0 Å². The summed E-state index contributed by atoms with van der Waals surface area (Å²) in [6.45, 7) is 0. The third kappa shape index (κ3) is 2.03. The number of nitro benzene ring substituents is 1. The lowest BCUT2D eigenvalue weighted by atomic mass is 10.1. The van der Waals surface area contributed by atoms with Crippen LogP contribution in [0, 0.1) is 10.1 Å². The van der Waals surface area contributed by atoms with E-state index in [2.05, 4.69) is 10.1 Å². The number of hydrogen-bond acceptors (Lipinski definition) is 4. The summed E-state index contributed by atoms with van der Waals surface area (Å²) in [6, 6.07) is 14.3. The largest absolute Gasteiger partial charge is 0.269 e. The smallest absolute Gasteiger partial charge is 0.267 e. The summed E-state index contributed by atoms with van der Waals surface area (Å²) >= 11 is 0. The normalized spacial score (nSPS) is 11.2. The van der Waals surface area contributed by atoms with Gasteiger partial charge in [-0.1, -0.05) is 0 Å². The predicted molar refractivity (Wildman–Crippen MR) is 88.1 cm³/mol. The first-order valence-corrected chi connectivity index (χ1v) is 7.10. The molecule has 0 atom stereocenters.